The van der Waals surface area contributed by atoms with Crippen LogP contribution in [0.1, 0.15) is 32.7 Å². The van der Waals surface area contributed by atoms with Crippen LogP contribution in [0.4, 0.5) is 0 Å². The lowest BCUT2D eigenvalue weighted by atomic mass is 10.1. The highest BCUT2D eigenvalue weighted by Gasteiger charge is 2.14. The van der Waals surface area contributed by atoms with Crippen molar-refractivity contribution < 1.29 is 4.79 Å². The van der Waals surface area contributed by atoms with Crippen molar-refractivity contribution in [3.05, 3.63) is 85.6 Å². The van der Waals surface area contributed by atoms with Gasteiger partial charge >= 0.3 is 0 Å². The van der Waals surface area contributed by atoms with Gasteiger partial charge in [-0.05, 0) is 42.3 Å². The smallest absolute Gasteiger partial charge is 0.251 e. The van der Waals surface area contributed by atoms with Crippen molar-refractivity contribution in [3.8, 4) is 0 Å². The van der Waals surface area contributed by atoms with E-state index in [4.69, 9.17) is 34.8 Å². The minimum atomic E-state index is -0.104. The van der Waals surface area contributed by atoms with Gasteiger partial charge in [-0.15, -0.1) is 0 Å². The summed E-state index contributed by atoms with van der Waals surface area (Å²) in [6.45, 7) is 3.55. The molecule has 0 atom stereocenters. The third-order valence-corrected chi connectivity index (χ3v) is 5.58. The van der Waals surface area contributed by atoms with E-state index in [1.807, 2.05) is 31.2 Å². The van der Waals surface area contributed by atoms with Crippen molar-refractivity contribution >= 4 is 40.7 Å². The average molecular weight is 452 g/mol. The third-order valence-electron chi connectivity index (χ3n) is 4.57. The number of hydrogen-bond donors (Lipinski definition) is 2. The fraction of sp³-hybridized carbons (Fsp3) is 0.238. The van der Waals surface area contributed by atoms with Crippen LogP contribution in [-0.2, 0) is 19.6 Å². The van der Waals surface area contributed by atoms with Crippen LogP contribution < -0.4 is 10.6 Å². The minimum absolute atomic E-state index is 0.104. The predicted octanol–water partition coefficient (Wildman–Crippen LogP) is 4.85. The van der Waals surface area contributed by atoms with E-state index in [2.05, 4.69) is 15.7 Å². The van der Waals surface area contributed by atoms with Gasteiger partial charge in [0.2, 0.25) is 0 Å². The van der Waals surface area contributed by atoms with E-state index in [1.165, 1.54) is 0 Å². The van der Waals surface area contributed by atoms with E-state index in [-0.39, 0.29) is 5.91 Å². The van der Waals surface area contributed by atoms with Crippen LogP contribution in [0.2, 0.25) is 15.2 Å². The van der Waals surface area contributed by atoms with Gasteiger partial charge in [0.25, 0.3) is 5.91 Å². The second-order valence-electron chi connectivity index (χ2n) is 6.63. The van der Waals surface area contributed by atoms with Crippen molar-refractivity contribution in [1.29, 1.82) is 0 Å². The van der Waals surface area contributed by atoms with Gasteiger partial charge in [0, 0.05) is 41.3 Å². The van der Waals surface area contributed by atoms with Crippen molar-refractivity contribution in [2.75, 3.05) is 7.05 Å². The number of rotatable bonds is 7. The molecule has 1 aromatic heterocycles. The first-order valence-electron chi connectivity index (χ1n) is 9.06. The summed E-state index contributed by atoms with van der Waals surface area (Å²) in [6.07, 6.45) is 0. The fourth-order valence-electron chi connectivity index (χ4n) is 3.01. The number of aryl methyl sites for hydroxylation is 1. The molecule has 3 aromatic rings. The van der Waals surface area contributed by atoms with Crippen LogP contribution in [0.5, 0.6) is 0 Å². The van der Waals surface area contributed by atoms with Gasteiger partial charge < -0.3 is 10.6 Å². The van der Waals surface area contributed by atoms with Crippen LogP contribution in [-0.4, -0.2) is 22.7 Å². The van der Waals surface area contributed by atoms with E-state index >= 15 is 0 Å². The molecule has 8 heteroatoms. The number of hydrogen-bond acceptors (Lipinski definition) is 3. The highest BCUT2D eigenvalue weighted by Crippen LogP contribution is 2.25. The molecule has 0 saturated heterocycles. The van der Waals surface area contributed by atoms with Crippen LogP contribution in [0.15, 0.2) is 42.5 Å². The number of nitrogens with one attached hydrogen (secondary N) is 2. The lowest BCUT2D eigenvalue weighted by molar-refractivity contribution is 0.0963. The van der Waals surface area contributed by atoms with Gasteiger partial charge in [0.15, 0.2) is 0 Å². The molecule has 0 radical (unpaired) electrons. The van der Waals surface area contributed by atoms with Crippen molar-refractivity contribution in [3.63, 3.8) is 0 Å². The van der Waals surface area contributed by atoms with Gasteiger partial charge in [-0.25, -0.2) is 4.68 Å². The van der Waals surface area contributed by atoms with E-state index in [9.17, 15) is 4.79 Å². The third kappa shape index (κ3) is 5.31. The Morgan fingerprint density at radius 1 is 1.10 bits per heavy atom. The van der Waals surface area contributed by atoms with Gasteiger partial charge in [-0.1, -0.05) is 53.0 Å². The lowest BCUT2D eigenvalue weighted by Crippen LogP contribution is -2.18. The highest BCUT2D eigenvalue weighted by atomic mass is 35.5. The SMILES string of the molecule is CNC(=O)c1cccc(CNCc2c(C)nn(Cc3ccc(Cl)cc3Cl)c2Cl)c1. The Labute approximate surface area is 185 Å². The Bertz CT molecular complexity index is 1030. The maximum absolute atomic E-state index is 11.8. The second kappa shape index (κ2) is 9.63. The summed E-state index contributed by atoms with van der Waals surface area (Å²) in [5.41, 5.74) is 4.32. The largest absolute Gasteiger partial charge is 0.355 e. The van der Waals surface area contributed by atoms with Crippen LogP contribution in [0.25, 0.3) is 0 Å². The Morgan fingerprint density at radius 2 is 1.90 bits per heavy atom. The summed E-state index contributed by atoms with van der Waals surface area (Å²) in [6, 6.07) is 12.9. The molecule has 2 N–H and O–H groups in total. The summed E-state index contributed by atoms with van der Waals surface area (Å²) in [4.78, 5) is 11.8. The Morgan fingerprint density at radius 3 is 2.62 bits per heavy atom. The molecule has 0 spiro atoms. The number of halogens is 3. The molecule has 152 valence electrons. The minimum Gasteiger partial charge on any atom is -0.355 e. The summed E-state index contributed by atoms with van der Waals surface area (Å²) in [5.74, 6) is -0.104. The van der Waals surface area contributed by atoms with Crippen LogP contribution in [0, 0.1) is 6.92 Å². The zero-order valence-electron chi connectivity index (χ0n) is 16.1. The number of nitrogens with zero attached hydrogens (tertiary/aromatic N) is 2. The number of benzene rings is 2. The fourth-order valence-corrected chi connectivity index (χ4v) is 3.78. The van der Waals surface area contributed by atoms with Crippen molar-refractivity contribution in [1.82, 2.24) is 20.4 Å². The van der Waals surface area contributed by atoms with Gasteiger partial charge in [0.05, 0.1) is 12.2 Å². The zero-order chi connectivity index (χ0) is 21.0. The first-order chi connectivity index (χ1) is 13.9. The molecule has 3 rings (SSSR count). The maximum Gasteiger partial charge on any atom is 0.251 e. The van der Waals surface area contributed by atoms with Crippen molar-refractivity contribution in [2.45, 2.75) is 26.6 Å². The van der Waals surface area contributed by atoms with Gasteiger partial charge in [0.1, 0.15) is 5.15 Å². The van der Waals surface area contributed by atoms with E-state index in [0.29, 0.717) is 40.4 Å². The number of carbonyl (C=O) groups excluding carboxylic acids is 1. The van der Waals surface area contributed by atoms with Gasteiger partial charge in [-0.3, -0.25) is 4.79 Å². The molecular formula is C21H21Cl3N4O. The topological polar surface area (TPSA) is 59.0 Å². The first kappa shape index (κ1) is 21.7. The number of aromatic nitrogens is 2. The second-order valence-corrected chi connectivity index (χ2v) is 7.83. The summed E-state index contributed by atoms with van der Waals surface area (Å²) >= 11 is 18.8. The molecule has 0 aliphatic heterocycles. The molecule has 1 amide bonds. The molecular weight excluding hydrogens is 431 g/mol. The molecule has 29 heavy (non-hydrogen) atoms. The molecule has 0 bridgehead atoms. The van der Waals surface area contributed by atoms with Crippen molar-refractivity contribution in [2.24, 2.45) is 0 Å². The molecule has 5 nitrogen and oxygen atoms in total. The Balaban J connectivity index is 1.67. The predicted molar refractivity (Wildman–Crippen MR) is 118 cm³/mol. The van der Waals surface area contributed by atoms with Gasteiger partial charge in [-0.2, -0.15) is 5.10 Å². The molecule has 0 aliphatic rings. The molecule has 0 saturated carbocycles. The molecule has 0 fully saturated rings. The summed E-state index contributed by atoms with van der Waals surface area (Å²) in [5, 5.41) is 12.3. The molecule has 1 heterocycles. The first-order valence-corrected chi connectivity index (χ1v) is 10.2. The number of amides is 1. The molecule has 0 aliphatic carbocycles. The quantitative estimate of drug-likeness (QED) is 0.540. The normalized spacial score (nSPS) is 10.9. The lowest BCUT2D eigenvalue weighted by Gasteiger charge is -2.08. The Kier molecular flexibility index (Phi) is 7.19. The average Bonchev–Trinajstić information content (AvgIpc) is 2.97. The molecule has 2 aromatic carbocycles. The zero-order valence-corrected chi connectivity index (χ0v) is 18.4. The van der Waals surface area contributed by atoms with E-state index < -0.39 is 0 Å². The number of carbonyl (C=O) groups is 1. The summed E-state index contributed by atoms with van der Waals surface area (Å²) < 4.78 is 1.73. The monoisotopic (exact) mass is 450 g/mol. The van der Waals surface area contributed by atoms with Crippen LogP contribution >= 0.6 is 34.8 Å². The Hall–Kier alpha value is -2.05. The van der Waals surface area contributed by atoms with Crippen LogP contribution in [0.3, 0.4) is 0 Å². The molecule has 0 unspecified atom stereocenters. The maximum atomic E-state index is 11.8. The summed E-state index contributed by atoms with van der Waals surface area (Å²) in [7, 11) is 1.62. The highest BCUT2D eigenvalue weighted by molar-refractivity contribution is 6.35. The van der Waals surface area contributed by atoms with E-state index in [0.717, 1.165) is 22.4 Å². The van der Waals surface area contributed by atoms with E-state index in [1.54, 1.807) is 29.9 Å². The standard InChI is InChI=1S/C21H21Cl3N4O/c1-13-18(11-26-10-14-4-3-5-15(8-14)21(29)25-2)20(24)28(27-13)12-16-6-7-17(22)9-19(16)23/h3-9,26H,10-12H2,1-2H3,(H,25,29).